The second-order valence-corrected chi connectivity index (χ2v) is 6.29. The molecule has 0 radical (unpaired) electrons. The average molecular weight is 331 g/mol. The van der Waals surface area contributed by atoms with Crippen LogP contribution in [0, 0.1) is 11.3 Å². The first-order chi connectivity index (χ1) is 11.8. The van der Waals surface area contributed by atoms with Gasteiger partial charge in [-0.05, 0) is 35.7 Å². The molecule has 0 aliphatic carbocycles. The first-order valence-corrected chi connectivity index (χ1v) is 8.33. The van der Waals surface area contributed by atoms with Gasteiger partial charge in [-0.3, -0.25) is 0 Å². The molecule has 0 fully saturated rings. The maximum Gasteiger partial charge on any atom is 0.154 e. The molecule has 0 saturated carbocycles. The summed E-state index contributed by atoms with van der Waals surface area (Å²) in [5.74, 6) is 0.795. The summed E-state index contributed by atoms with van der Waals surface area (Å²) in [6, 6.07) is 17.6. The van der Waals surface area contributed by atoms with Crippen LogP contribution in [0.1, 0.15) is 10.4 Å². The maximum atomic E-state index is 8.92. The number of rotatable bonds is 4. The number of aromatic nitrogens is 3. The average Bonchev–Trinajstić information content (AvgIpc) is 3.29. The van der Waals surface area contributed by atoms with Crippen LogP contribution in [0.2, 0.25) is 0 Å². The Balaban J connectivity index is 1.66. The second-order valence-electron chi connectivity index (χ2n) is 5.25. The van der Waals surface area contributed by atoms with Gasteiger partial charge in [-0.2, -0.15) is 5.26 Å². The monoisotopic (exact) mass is 331 g/mol. The van der Waals surface area contributed by atoms with Gasteiger partial charge in [-0.15, -0.1) is 16.4 Å². The molecule has 4 rings (SSSR count). The summed E-state index contributed by atoms with van der Waals surface area (Å²) in [6.07, 6.45) is 1.80. The SMILES string of the molecule is N#Cc1ccc(-c2cnc3ccc(NCc4cccs4)nn23)cc1. The molecule has 0 spiro atoms. The Morgan fingerprint density at radius 2 is 2.00 bits per heavy atom. The highest BCUT2D eigenvalue weighted by Gasteiger charge is 2.08. The lowest BCUT2D eigenvalue weighted by Crippen LogP contribution is -2.03. The Morgan fingerprint density at radius 3 is 2.75 bits per heavy atom. The van der Waals surface area contributed by atoms with Crippen molar-refractivity contribution >= 4 is 22.8 Å². The number of nitrogens with zero attached hydrogens (tertiary/aromatic N) is 4. The van der Waals surface area contributed by atoms with E-state index in [4.69, 9.17) is 5.26 Å². The summed E-state index contributed by atoms with van der Waals surface area (Å²) in [4.78, 5) is 5.66. The van der Waals surface area contributed by atoms with Crippen molar-refractivity contribution in [3.8, 4) is 17.3 Å². The molecule has 0 unspecified atom stereocenters. The predicted octanol–water partition coefficient (Wildman–Crippen LogP) is 3.94. The molecular weight excluding hydrogens is 318 g/mol. The highest BCUT2D eigenvalue weighted by atomic mass is 32.1. The third kappa shape index (κ3) is 2.73. The molecule has 3 aromatic heterocycles. The van der Waals surface area contributed by atoms with Gasteiger partial charge >= 0.3 is 0 Å². The summed E-state index contributed by atoms with van der Waals surface area (Å²) >= 11 is 1.72. The topological polar surface area (TPSA) is 66.0 Å². The van der Waals surface area contributed by atoms with E-state index in [2.05, 4.69) is 32.9 Å². The number of fused-ring (bicyclic) bond motifs is 1. The van der Waals surface area contributed by atoms with E-state index in [1.165, 1.54) is 4.88 Å². The zero-order valence-corrected chi connectivity index (χ0v) is 13.5. The van der Waals surface area contributed by atoms with E-state index in [0.29, 0.717) is 5.56 Å². The molecule has 3 heterocycles. The highest BCUT2D eigenvalue weighted by molar-refractivity contribution is 7.09. The first-order valence-electron chi connectivity index (χ1n) is 7.45. The molecule has 0 bridgehead atoms. The molecule has 6 heteroatoms. The Bertz CT molecular complexity index is 1010. The van der Waals surface area contributed by atoms with Crippen LogP contribution >= 0.6 is 11.3 Å². The molecular formula is C18H13N5S. The van der Waals surface area contributed by atoms with Crippen molar-refractivity contribution in [3.63, 3.8) is 0 Å². The third-order valence-electron chi connectivity index (χ3n) is 3.70. The van der Waals surface area contributed by atoms with Crippen molar-refractivity contribution in [1.82, 2.24) is 14.6 Å². The normalized spacial score (nSPS) is 10.6. The van der Waals surface area contributed by atoms with Crippen LogP contribution in [0.15, 0.2) is 60.1 Å². The number of hydrogen-bond donors (Lipinski definition) is 1. The van der Waals surface area contributed by atoms with E-state index < -0.39 is 0 Å². The summed E-state index contributed by atoms with van der Waals surface area (Å²) < 4.78 is 1.82. The van der Waals surface area contributed by atoms with Gasteiger partial charge in [0, 0.05) is 10.4 Å². The minimum Gasteiger partial charge on any atom is -0.364 e. The molecule has 0 saturated heterocycles. The first kappa shape index (κ1) is 14.4. The van der Waals surface area contributed by atoms with E-state index >= 15 is 0 Å². The van der Waals surface area contributed by atoms with Crippen LogP contribution in [-0.4, -0.2) is 14.6 Å². The van der Waals surface area contributed by atoms with Crippen molar-refractivity contribution in [2.45, 2.75) is 6.54 Å². The predicted molar refractivity (Wildman–Crippen MR) is 94.8 cm³/mol. The van der Waals surface area contributed by atoms with E-state index in [1.54, 1.807) is 29.7 Å². The maximum absolute atomic E-state index is 8.92. The summed E-state index contributed by atoms with van der Waals surface area (Å²) in [7, 11) is 0. The molecule has 0 aliphatic rings. The third-order valence-corrected chi connectivity index (χ3v) is 4.57. The van der Waals surface area contributed by atoms with Gasteiger partial charge in [0.05, 0.1) is 30.1 Å². The van der Waals surface area contributed by atoms with Crippen LogP contribution < -0.4 is 5.32 Å². The molecule has 1 aromatic carbocycles. The quantitative estimate of drug-likeness (QED) is 0.615. The van der Waals surface area contributed by atoms with Gasteiger partial charge < -0.3 is 5.32 Å². The Morgan fingerprint density at radius 1 is 1.12 bits per heavy atom. The highest BCUT2D eigenvalue weighted by Crippen LogP contribution is 2.21. The van der Waals surface area contributed by atoms with Crippen LogP contribution in [0.3, 0.4) is 0 Å². The molecule has 1 N–H and O–H groups in total. The lowest BCUT2D eigenvalue weighted by atomic mass is 10.1. The van der Waals surface area contributed by atoms with E-state index in [-0.39, 0.29) is 0 Å². The second kappa shape index (κ2) is 6.14. The number of imidazole rings is 1. The largest absolute Gasteiger partial charge is 0.364 e. The molecule has 24 heavy (non-hydrogen) atoms. The minimum absolute atomic E-state index is 0.638. The van der Waals surface area contributed by atoms with Crippen molar-refractivity contribution in [2.24, 2.45) is 0 Å². The lowest BCUT2D eigenvalue weighted by Gasteiger charge is -2.06. The molecule has 5 nitrogen and oxygen atoms in total. The molecule has 116 valence electrons. The number of thiophene rings is 1. The Kier molecular flexibility index (Phi) is 3.69. The van der Waals surface area contributed by atoms with Crippen LogP contribution in [0.25, 0.3) is 16.9 Å². The number of anilines is 1. The van der Waals surface area contributed by atoms with Gasteiger partial charge in [0.25, 0.3) is 0 Å². The van der Waals surface area contributed by atoms with Crippen LogP contribution in [0.5, 0.6) is 0 Å². The van der Waals surface area contributed by atoms with Gasteiger partial charge in [-0.25, -0.2) is 9.50 Å². The van der Waals surface area contributed by atoms with Gasteiger partial charge in [-0.1, -0.05) is 18.2 Å². The van der Waals surface area contributed by atoms with E-state index in [1.807, 2.05) is 34.8 Å². The smallest absolute Gasteiger partial charge is 0.154 e. The number of nitriles is 1. The van der Waals surface area contributed by atoms with Crippen LogP contribution in [0.4, 0.5) is 5.82 Å². The van der Waals surface area contributed by atoms with Gasteiger partial charge in [0.2, 0.25) is 0 Å². The summed E-state index contributed by atoms with van der Waals surface area (Å²) in [5, 5.41) is 18.9. The zero-order chi connectivity index (χ0) is 16.4. The lowest BCUT2D eigenvalue weighted by molar-refractivity contribution is 0.933. The Labute approximate surface area is 142 Å². The van der Waals surface area contributed by atoms with Gasteiger partial charge in [0.15, 0.2) is 5.65 Å². The number of nitrogens with one attached hydrogen (secondary N) is 1. The van der Waals surface area contributed by atoms with Crippen molar-refractivity contribution < 1.29 is 0 Å². The fourth-order valence-electron chi connectivity index (χ4n) is 2.47. The molecule has 0 atom stereocenters. The molecule has 0 aliphatic heterocycles. The summed E-state index contributed by atoms with van der Waals surface area (Å²) in [5.41, 5.74) is 3.30. The van der Waals surface area contributed by atoms with Crippen molar-refractivity contribution in [2.75, 3.05) is 5.32 Å². The number of hydrogen-bond acceptors (Lipinski definition) is 5. The number of benzene rings is 1. The standard InChI is InChI=1S/C18H13N5S/c19-10-13-3-5-14(6-4-13)16-12-21-18-8-7-17(22-23(16)18)20-11-15-2-1-9-24-15/h1-9,12H,11H2,(H,20,22). The Hall–Kier alpha value is -3.17. The minimum atomic E-state index is 0.638. The summed E-state index contributed by atoms with van der Waals surface area (Å²) in [6.45, 7) is 0.747. The van der Waals surface area contributed by atoms with Crippen LogP contribution in [-0.2, 0) is 6.54 Å². The fraction of sp³-hybridized carbons (Fsp3) is 0.0556. The van der Waals surface area contributed by atoms with Gasteiger partial charge in [0.1, 0.15) is 5.82 Å². The van der Waals surface area contributed by atoms with Crippen molar-refractivity contribution in [3.05, 3.63) is 70.5 Å². The fourth-order valence-corrected chi connectivity index (χ4v) is 3.12. The zero-order valence-electron chi connectivity index (χ0n) is 12.7. The van der Waals surface area contributed by atoms with E-state index in [9.17, 15) is 0 Å². The molecule has 0 amide bonds. The van der Waals surface area contributed by atoms with E-state index in [0.717, 1.165) is 29.3 Å². The van der Waals surface area contributed by atoms with Crippen molar-refractivity contribution in [1.29, 1.82) is 5.26 Å². The molecule has 4 aromatic rings.